The number of rotatable bonds is 5. The minimum atomic E-state index is 0.0330. The van der Waals surface area contributed by atoms with Gasteiger partial charge < -0.3 is 15.2 Å². The van der Waals surface area contributed by atoms with E-state index in [-0.39, 0.29) is 17.9 Å². The molecule has 4 rings (SSSR count). The van der Waals surface area contributed by atoms with Crippen LogP contribution < -0.4 is 5.32 Å². The highest BCUT2D eigenvalue weighted by Gasteiger charge is 2.24. The van der Waals surface area contributed by atoms with Crippen LogP contribution in [0.3, 0.4) is 0 Å². The van der Waals surface area contributed by atoms with Gasteiger partial charge in [0, 0.05) is 31.1 Å². The highest BCUT2D eigenvalue weighted by atomic mass is 16.2. The van der Waals surface area contributed by atoms with E-state index in [9.17, 15) is 9.59 Å². The van der Waals surface area contributed by atoms with Crippen LogP contribution in [0.15, 0.2) is 48.8 Å². The summed E-state index contributed by atoms with van der Waals surface area (Å²) in [4.78, 5) is 34.2. The van der Waals surface area contributed by atoms with Crippen molar-refractivity contribution in [1.29, 1.82) is 0 Å². The molecule has 150 valence electrons. The fourth-order valence-electron chi connectivity index (χ4n) is 3.79. The van der Waals surface area contributed by atoms with Gasteiger partial charge in [-0.3, -0.25) is 9.59 Å². The molecule has 0 unspecified atom stereocenters. The molecule has 29 heavy (non-hydrogen) atoms. The number of benzene rings is 2. The maximum Gasteiger partial charge on any atom is 0.253 e. The molecule has 0 bridgehead atoms. The summed E-state index contributed by atoms with van der Waals surface area (Å²) in [5.74, 6) is 0.116. The molecule has 1 aliphatic rings. The summed E-state index contributed by atoms with van der Waals surface area (Å²) in [6, 6.07) is 14.0. The number of carbonyl (C=O) groups is 2. The van der Waals surface area contributed by atoms with E-state index in [2.05, 4.69) is 46.5 Å². The molecular weight excluding hydrogens is 364 g/mol. The van der Waals surface area contributed by atoms with E-state index in [1.165, 1.54) is 11.1 Å². The minimum Gasteiger partial charge on any atom is -0.353 e. The maximum absolute atomic E-state index is 12.8. The van der Waals surface area contributed by atoms with E-state index in [1.807, 2.05) is 23.1 Å². The predicted octanol–water partition coefficient (Wildman–Crippen LogP) is 3.22. The number of carbonyl (C=O) groups excluding carboxylic acids is 2. The Kier molecular flexibility index (Phi) is 5.60. The molecule has 1 aromatic heterocycles. The molecule has 2 N–H and O–H groups in total. The second-order valence-electron chi connectivity index (χ2n) is 7.75. The Morgan fingerprint density at radius 1 is 1.14 bits per heavy atom. The van der Waals surface area contributed by atoms with Crippen LogP contribution in [0.4, 0.5) is 0 Å². The van der Waals surface area contributed by atoms with Crippen molar-refractivity contribution in [3.05, 3.63) is 65.5 Å². The lowest BCUT2D eigenvalue weighted by Gasteiger charge is -2.32. The average Bonchev–Trinajstić information content (AvgIpc) is 3.21. The van der Waals surface area contributed by atoms with Gasteiger partial charge in [0.15, 0.2) is 0 Å². The Labute approximate surface area is 170 Å². The summed E-state index contributed by atoms with van der Waals surface area (Å²) < 4.78 is 0. The molecular formula is C23H26N4O2. The second-order valence-corrected chi connectivity index (χ2v) is 7.75. The Balaban J connectivity index is 1.24. The standard InChI is InChI=1S/C23H26N4O2/c1-16-2-4-17(5-3-16)6-9-22(28)26-19-10-12-27(13-11-19)23(29)18-7-8-20-21(14-18)25-15-24-20/h2-5,7-8,14-15,19H,6,9-13H2,1H3,(H,24,25)(H,26,28). The highest BCUT2D eigenvalue weighted by molar-refractivity contribution is 5.97. The van der Waals surface area contributed by atoms with Gasteiger partial charge in [0.25, 0.3) is 5.91 Å². The van der Waals surface area contributed by atoms with Crippen LogP contribution in [0.1, 0.15) is 40.7 Å². The smallest absolute Gasteiger partial charge is 0.253 e. The average molecular weight is 390 g/mol. The number of aromatic nitrogens is 2. The van der Waals surface area contributed by atoms with Crippen molar-refractivity contribution >= 4 is 22.8 Å². The molecule has 2 heterocycles. The van der Waals surface area contributed by atoms with E-state index in [4.69, 9.17) is 0 Å². The monoisotopic (exact) mass is 390 g/mol. The number of imidazole rings is 1. The van der Waals surface area contributed by atoms with Crippen LogP contribution in [0.25, 0.3) is 11.0 Å². The van der Waals surface area contributed by atoms with E-state index in [0.717, 1.165) is 30.3 Å². The van der Waals surface area contributed by atoms with Gasteiger partial charge in [-0.25, -0.2) is 4.98 Å². The molecule has 6 heteroatoms. The van der Waals surface area contributed by atoms with Crippen molar-refractivity contribution in [1.82, 2.24) is 20.2 Å². The van der Waals surface area contributed by atoms with Crippen LogP contribution in [0.5, 0.6) is 0 Å². The number of aryl methyl sites for hydroxylation is 2. The molecule has 1 aliphatic heterocycles. The van der Waals surface area contributed by atoms with Gasteiger partial charge in [-0.2, -0.15) is 0 Å². The van der Waals surface area contributed by atoms with E-state index >= 15 is 0 Å². The van der Waals surface area contributed by atoms with E-state index < -0.39 is 0 Å². The first-order chi connectivity index (χ1) is 14.1. The molecule has 0 aliphatic carbocycles. The van der Waals surface area contributed by atoms with E-state index in [1.54, 1.807) is 6.33 Å². The first-order valence-electron chi connectivity index (χ1n) is 10.2. The van der Waals surface area contributed by atoms with Gasteiger partial charge in [0.1, 0.15) is 0 Å². The Morgan fingerprint density at radius 2 is 1.90 bits per heavy atom. The molecule has 2 amide bonds. The van der Waals surface area contributed by atoms with Gasteiger partial charge in [-0.15, -0.1) is 0 Å². The highest BCUT2D eigenvalue weighted by Crippen LogP contribution is 2.17. The molecule has 0 radical (unpaired) electrons. The van der Waals surface area contributed by atoms with Crippen molar-refractivity contribution in [2.75, 3.05) is 13.1 Å². The number of nitrogens with one attached hydrogen (secondary N) is 2. The number of aromatic amines is 1. The summed E-state index contributed by atoms with van der Waals surface area (Å²) in [7, 11) is 0. The molecule has 0 atom stereocenters. The fourth-order valence-corrected chi connectivity index (χ4v) is 3.79. The third-order valence-electron chi connectivity index (χ3n) is 5.58. The van der Waals surface area contributed by atoms with Crippen molar-refractivity contribution in [2.24, 2.45) is 0 Å². The number of nitrogens with zero attached hydrogens (tertiary/aromatic N) is 2. The van der Waals surface area contributed by atoms with Crippen molar-refractivity contribution < 1.29 is 9.59 Å². The Hall–Kier alpha value is -3.15. The van der Waals surface area contributed by atoms with Crippen LogP contribution in [-0.4, -0.2) is 45.8 Å². The van der Waals surface area contributed by atoms with Crippen LogP contribution >= 0.6 is 0 Å². The Bertz CT molecular complexity index is 1000. The largest absolute Gasteiger partial charge is 0.353 e. The first kappa shape index (κ1) is 19.2. The van der Waals surface area contributed by atoms with Crippen LogP contribution in [-0.2, 0) is 11.2 Å². The SMILES string of the molecule is Cc1ccc(CCC(=O)NC2CCN(C(=O)c3ccc4nc[nH]c4c3)CC2)cc1. The normalized spacial score (nSPS) is 14.9. The summed E-state index contributed by atoms with van der Waals surface area (Å²) in [5.41, 5.74) is 4.80. The zero-order chi connectivity index (χ0) is 20.2. The van der Waals surface area contributed by atoms with Gasteiger partial charge in [-0.1, -0.05) is 29.8 Å². The van der Waals surface area contributed by atoms with Crippen molar-refractivity contribution in [2.45, 2.75) is 38.6 Å². The number of hydrogen-bond donors (Lipinski definition) is 2. The third-order valence-corrected chi connectivity index (χ3v) is 5.58. The molecule has 6 nitrogen and oxygen atoms in total. The fraction of sp³-hybridized carbons (Fsp3) is 0.348. The van der Waals surface area contributed by atoms with Crippen molar-refractivity contribution in [3.63, 3.8) is 0 Å². The molecule has 1 fully saturated rings. The quantitative estimate of drug-likeness (QED) is 0.702. The van der Waals surface area contributed by atoms with Crippen LogP contribution in [0, 0.1) is 6.92 Å². The number of H-pyrrole nitrogens is 1. The first-order valence-corrected chi connectivity index (χ1v) is 10.2. The van der Waals surface area contributed by atoms with Crippen molar-refractivity contribution in [3.8, 4) is 0 Å². The molecule has 3 aromatic rings. The van der Waals surface area contributed by atoms with E-state index in [0.29, 0.717) is 25.1 Å². The van der Waals surface area contributed by atoms with Gasteiger partial charge in [-0.05, 0) is 49.9 Å². The van der Waals surface area contributed by atoms with Gasteiger partial charge in [0.05, 0.1) is 17.4 Å². The lowest BCUT2D eigenvalue weighted by atomic mass is 10.0. The minimum absolute atomic E-state index is 0.0330. The zero-order valence-corrected chi connectivity index (χ0v) is 16.6. The Morgan fingerprint density at radius 3 is 2.66 bits per heavy atom. The number of piperidine rings is 1. The van der Waals surface area contributed by atoms with Gasteiger partial charge >= 0.3 is 0 Å². The third kappa shape index (κ3) is 4.65. The summed E-state index contributed by atoms with van der Waals surface area (Å²) >= 11 is 0. The molecule has 0 spiro atoms. The lowest BCUT2D eigenvalue weighted by Crippen LogP contribution is -2.46. The lowest BCUT2D eigenvalue weighted by molar-refractivity contribution is -0.122. The number of amides is 2. The van der Waals surface area contributed by atoms with Crippen LogP contribution in [0.2, 0.25) is 0 Å². The number of fused-ring (bicyclic) bond motifs is 1. The number of likely N-dealkylation sites (tertiary alicyclic amines) is 1. The molecule has 0 saturated carbocycles. The number of hydrogen-bond acceptors (Lipinski definition) is 3. The molecule has 2 aromatic carbocycles. The predicted molar refractivity (Wildman–Crippen MR) is 113 cm³/mol. The second kappa shape index (κ2) is 8.47. The summed E-state index contributed by atoms with van der Waals surface area (Å²) in [6.45, 7) is 3.37. The van der Waals surface area contributed by atoms with Gasteiger partial charge in [0.2, 0.25) is 5.91 Å². The topological polar surface area (TPSA) is 78.1 Å². The molecule has 1 saturated heterocycles. The summed E-state index contributed by atoms with van der Waals surface area (Å²) in [6.07, 6.45) is 4.44. The zero-order valence-electron chi connectivity index (χ0n) is 16.6. The maximum atomic E-state index is 12.8. The summed E-state index contributed by atoms with van der Waals surface area (Å²) in [5, 5.41) is 3.13.